The van der Waals surface area contributed by atoms with Gasteiger partial charge in [0.25, 0.3) is 0 Å². The standard InChI is InChI=1S/C22H29ClN6O2S/c1-32(31)17-11-26-20(27-19(17)28-22(14-30)5-2-6-22)29-12-21(13-29)7-3-15(4-8-21)18-24-9-16(23)10-25-18/h9-11,15,30H,2-8,12-14H2,1H3,(H,26,27,28)/t32-/m1/s1. The molecular formula is C22H29ClN6O2S. The molecule has 32 heavy (non-hydrogen) atoms. The topological polar surface area (TPSA) is 104 Å². The van der Waals surface area contributed by atoms with Gasteiger partial charge in [-0.3, -0.25) is 4.21 Å². The van der Waals surface area contributed by atoms with Crippen LogP contribution in [0.15, 0.2) is 23.5 Å². The van der Waals surface area contributed by atoms with Gasteiger partial charge in [0, 0.05) is 43.1 Å². The molecule has 2 aromatic rings. The van der Waals surface area contributed by atoms with E-state index >= 15 is 0 Å². The van der Waals surface area contributed by atoms with Crippen LogP contribution in [0.5, 0.6) is 0 Å². The van der Waals surface area contributed by atoms with Crippen LogP contribution in [0.2, 0.25) is 5.02 Å². The molecular weight excluding hydrogens is 448 g/mol. The van der Waals surface area contributed by atoms with E-state index in [-0.39, 0.29) is 12.1 Å². The third-order valence-corrected chi connectivity index (χ3v) is 8.55. The fraction of sp³-hybridized carbons (Fsp3) is 0.636. The van der Waals surface area contributed by atoms with Crippen molar-refractivity contribution in [2.24, 2.45) is 5.41 Å². The summed E-state index contributed by atoms with van der Waals surface area (Å²) in [6.07, 6.45) is 14.0. The minimum atomic E-state index is -1.20. The van der Waals surface area contributed by atoms with Crippen LogP contribution in [-0.2, 0) is 10.8 Å². The summed E-state index contributed by atoms with van der Waals surface area (Å²) in [7, 11) is -1.20. The third-order valence-electron chi connectivity index (χ3n) is 7.44. The van der Waals surface area contributed by atoms with Crippen molar-refractivity contribution in [1.82, 2.24) is 19.9 Å². The van der Waals surface area contributed by atoms with Gasteiger partial charge >= 0.3 is 0 Å². The minimum Gasteiger partial charge on any atom is -0.394 e. The number of hydrogen-bond acceptors (Lipinski definition) is 8. The summed E-state index contributed by atoms with van der Waals surface area (Å²) >= 11 is 5.92. The van der Waals surface area contributed by atoms with Crippen molar-refractivity contribution < 1.29 is 9.32 Å². The van der Waals surface area contributed by atoms with Crippen LogP contribution in [0.4, 0.5) is 11.8 Å². The second kappa shape index (κ2) is 8.50. The number of aliphatic hydroxyl groups is 1. The first-order valence-corrected chi connectivity index (χ1v) is 13.2. The van der Waals surface area contributed by atoms with Crippen molar-refractivity contribution in [3.05, 3.63) is 29.4 Å². The predicted octanol–water partition coefficient (Wildman–Crippen LogP) is 3.15. The van der Waals surface area contributed by atoms with E-state index in [2.05, 4.69) is 25.2 Å². The summed E-state index contributed by atoms with van der Waals surface area (Å²) < 4.78 is 12.2. The van der Waals surface area contributed by atoms with Crippen molar-refractivity contribution in [3.63, 3.8) is 0 Å². The lowest BCUT2D eigenvalue weighted by molar-refractivity contribution is 0.124. The molecule has 1 saturated heterocycles. The quantitative estimate of drug-likeness (QED) is 0.655. The highest BCUT2D eigenvalue weighted by molar-refractivity contribution is 7.84. The van der Waals surface area contributed by atoms with Gasteiger partial charge in [-0.25, -0.2) is 15.0 Å². The van der Waals surface area contributed by atoms with E-state index < -0.39 is 10.8 Å². The van der Waals surface area contributed by atoms with Crippen molar-refractivity contribution in [2.75, 3.05) is 36.2 Å². The van der Waals surface area contributed by atoms with Gasteiger partial charge in [-0.15, -0.1) is 0 Å². The Morgan fingerprint density at radius 3 is 2.41 bits per heavy atom. The highest BCUT2D eigenvalue weighted by Crippen LogP contribution is 2.48. The van der Waals surface area contributed by atoms with Gasteiger partial charge in [-0.1, -0.05) is 11.6 Å². The first-order valence-electron chi connectivity index (χ1n) is 11.2. The van der Waals surface area contributed by atoms with Gasteiger partial charge in [0.2, 0.25) is 5.95 Å². The third kappa shape index (κ3) is 4.10. The van der Waals surface area contributed by atoms with Crippen molar-refractivity contribution in [3.8, 4) is 0 Å². The maximum atomic E-state index is 12.2. The molecule has 0 unspecified atom stereocenters. The summed E-state index contributed by atoms with van der Waals surface area (Å²) in [6.45, 7) is 1.91. The van der Waals surface area contributed by atoms with Crippen LogP contribution >= 0.6 is 11.6 Å². The first-order chi connectivity index (χ1) is 15.4. The molecule has 172 valence electrons. The Labute approximate surface area is 195 Å². The van der Waals surface area contributed by atoms with Gasteiger partial charge < -0.3 is 15.3 Å². The molecule has 10 heteroatoms. The Balaban J connectivity index is 1.25. The molecule has 2 aliphatic carbocycles. The second-order valence-electron chi connectivity index (χ2n) is 9.64. The van der Waals surface area contributed by atoms with E-state index in [1.807, 2.05) is 0 Å². The minimum absolute atomic E-state index is 0.0491. The lowest BCUT2D eigenvalue weighted by Crippen LogP contribution is -2.58. The van der Waals surface area contributed by atoms with Crippen LogP contribution < -0.4 is 10.2 Å². The molecule has 5 rings (SSSR count). The Kier molecular flexibility index (Phi) is 5.84. The number of halogens is 1. The van der Waals surface area contributed by atoms with Gasteiger partial charge in [0.05, 0.1) is 39.1 Å². The zero-order valence-corrected chi connectivity index (χ0v) is 19.8. The van der Waals surface area contributed by atoms with Crippen LogP contribution in [-0.4, -0.2) is 60.7 Å². The zero-order chi connectivity index (χ0) is 22.3. The summed E-state index contributed by atoms with van der Waals surface area (Å²) in [6, 6.07) is 0. The molecule has 3 heterocycles. The highest BCUT2D eigenvalue weighted by Gasteiger charge is 2.47. The van der Waals surface area contributed by atoms with Crippen LogP contribution in [0.3, 0.4) is 0 Å². The number of aliphatic hydroxyl groups excluding tert-OH is 1. The molecule has 0 aromatic carbocycles. The number of nitrogens with zero attached hydrogens (tertiary/aromatic N) is 5. The average molecular weight is 477 g/mol. The van der Waals surface area contributed by atoms with Gasteiger partial charge in [-0.05, 0) is 44.9 Å². The molecule has 2 saturated carbocycles. The Morgan fingerprint density at radius 2 is 1.84 bits per heavy atom. The Bertz CT molecular complexity index is 994. The average Bonchev–Trinajstić information content (AvgIpc) is 2.75. The van der Waals surface area contributed by atoms with Crippen LogP contribution in [0.25, 0.3) is 0 Å². The molecule has 3 fully saturated rings. The van der Waals surface area contributed by atoms with Crippen molar-refractivity contribution >= 4 is 34.2 Å². The van der Waals surface area contributed by atoms with Crippen LogP contribution in [0, 0.1) is 5.41 Å². The van der Waals surface area contributed by atoms with Gasteiger partial charge in [0.15, 0.2) is 0 Å². The fourth-order valence-electron chi connectivity index (χ4n) is 5.23. The molecule has 1 spiro atoms. The summed E-state index contributed by atoms with van der Waals surface area (Å²) in [5.74, 6) is 2.56. The van der Waals surface area contributed by atoms with E-state index in [0.29, 0.717) is 33.0 Å². The molecule has 2 aromatic heterocycles. The van der Waals surface area contributed by atoms with Crippen molar-refractivity contribution in [1.29, 1.82) is 0 Å². The Hall–Kier alpha value is -1.84. The lowest BCUT2D eigenvalue weighted by atomic mass is 9.66. The number of nitrogens with one attached hydrogen (secondary N) is 1. The molecule has 1 aliphatic heterocycles. The van der Waals surface area contributed by atoms with Crippen LogP contribution in [0.1, 0.15) is 56.7 Å². The van der Waals surface area contributed by atoms with E-state index in [4.69, 9.17) is 16.6 Å². The number of anilines is 2. The molecule has 0 bridgehead atoms. The Morgan fingerprint density at radius 1 is 1.16 bits per heavy atom. The fourth-order valence-corrected chi connectivity index (χ4v) is 5.90. The van der Waals surface area contributed by atoms with Gasteiger partial charge in [0.1, 0.15) is 11.6 Å². The zero-order valence-electron chi connectivity index (χ0n) is 18.3. The normalized spacial score (nSPS) is 22.8. The highest BCUT2D eigenvalue weighted by atomic mass is 35.5. The largest absolute Gasteiger partial charge is 0.394 e. The SMILES string of the molecule is C[S@@](=O)c1cnc(N2CC3(CCC(c4ncc(Cl)cn4)CC3)C2)nc1NC1(CO)CCC1. The molecule has 3 aliphatic rings. The summed E-state index contributed by atoms with van der Waals surface area (Å²) in [5, 5.41) is 13.8. The monoisotopic (exact) mass is 476 g/mol. The molecule has 2 N–H and O–H groups in total. The molecule has 0 amide bonds. The van der Waals surface area contributed by atoms with E-state index in [1.54, 1.807) is 24.8 Å². The maximum Gasteiger partial charge on any atom is 0.227 e. The number of hydrogen-bond donors (Lipinski definition) is 2. The number of aromatic nitrogens is 4. The maximum absolute atomic E-state index is 12.2. The first kappa shape index (κ1) is 22.0. The molecule has 8 nitrogen and oxygen atoms in total. The van der Waals surface area contributed by atoms with Gasteiger partial charge in [-0.2, -0.15) is 4.98 Å². The second-order valence-corrected chi connectivity index (χ2v) is 11.4. The lowest BCUT2D eigenvalue weighted by Gasteiger charge is -2.53. The predicted molar refractivity (Wildman–Crippen MR) is 125 cm³/mol. The summed E-state index contributed by atoms with van der Waals surface area (Å²) in [5.41, 5.74) is -0.0511. The number of rotatable bonds is 6. The van der Waals surface area contributed by atoms with E-state index in [1.165, 1.54) is 0 Å². The van der Waals surface area contributed by atoms with Crippen molar-refractivity contribution in [2.45, 2.75) is 61.3 Å². The summed E-state index contributed by atoms with van der Waals surface area (Å²) in [4.78, 5) is 20.9. The molecule has 0 radical (unpaired) electrons. The smallest absolute Gasteiger partial charge is 0.227 e. The van der Waals surface area contributed by atoms with E-state index in [9.17, 15) is 9.32 Å². The van der Waals surface area contributed by atoms with E-state index in [0.717, 1.165) is 63.9 Å². The molecule has 1 atom stereocenters.